The number of thioether (sulfide) groups is 1. The maximum atomic E-state index is 12.9. The number of carbonyl (C=O) groups excluding carboxylic acids is 2. The van der Waals surface area contributed by atoms with Gasteiger partial charge < -0.3 is 4.57 Å². The summed E-state index contributed by atoms with van der Waals surface area (Å²) in [5.74, 6) is -0.304. The van der Waals surface area contributed by atoms with Crippen molar-refractivity contribution in [2.75, 3.05) is 0 Å². The van der Waals surface area contributed by atoms with E-state index in [-0.39, 0.29) is 17.7 Å². The highest BCUT2D eigenvalue weighted by Crippen LogP contribution is 2.35. The number of imide groups is 1. The van der Waals surface area contributed by atoms with Gasteiger partial charge in [-0.05, 0) is 80.1 Å². The summed E-state index contributed by atoms with van der Waals surface area (Å²) in [6.07, 6.45) is 1.80. The van der Waals surface area contributed by atoms with Gasteiger partial charge in [-0.25, -0.2) is 0 Å². The second-order valence-electron chi connectivity index (χ2n) is 7.51. The number of aromatic nitrogens is 1. The molecule has 0 bridgehead atoms. The summed E-state index contributed by atoms with van der Waals surface area (Å²) in [5.41, 5.74) is 5.99. The van der Waals surface area contributed by atoms with Crippen LogP contribution in [0.25, 0.3) is 11.8 Å². The third kappa shape index (κ3) is 4.31. The lowest BCUT2D eigenvalue weighted by Crippen LogP contribution is -2.27. The van der Waals surface area contributed by atoms with Gasteiger partial charge in [0, 0.05) is 17.1 Å². The molecule has 0 aliphatic carbocycles. The lowest BCUT2D eigenvalue weighted by molar-refractivity contribution is -0.123. The maximum absolute atomic E-state index is 12.9. The first-order chi connectivity index (χ1) is 14.7. The number of halogens is 2. The zero-order valence-electron chi connectivity index (χ0n) is 17.3. The van der Waals surface area contributed by atoms with Crippen LogP contribution >= 0.6 is 35.0 Å². The van der Waals surface area contributed by atoms with Gasteiger partial charge in [-0.2, -0.15) is 0 Å². The van der Waals surface area contributed by atoms with E-state index in [1.165, 1.54) is 10.5 Å². The molecule has 1 saturated heterocycles. The molecule has 7 heteroatoms. The molecule has 158 valence electrons. The molecule has 0 unspecified atom stereocenters. The molecule has 4 nitrogen and oxygen atoms in total. The van der Waals surface area contributed by atoms with E-state index < -0.39 is 0 Å². The zero-order valence-corrected chi connectivity index (χ0v) is 19.6. The van der Waals surface area contributed by atoms with E-state index in [1.54, 1.807) is 24.3 Å². The quantitative estimate of drug-likeness (QED) is 0.387. The van der Waals surface area contributed by atoms with E-state index in [0.717, 1.165) is 40.0 Å². The number of amides is 2. The molecule has 0 saturated carbocycles. The molecule has 3 aromatic rings. The summed E-state index contributed by atoms with van der Waals surface area (Å²) >= 11 is 13.0. The number of benzene rings is 2. The standard InChI is InChI=1S/C24H20Cl2N2O2S/c1-14-4-7-19(8-5-14)28-15(2)10-18(16(28)3)12-22-23(29)27(24(30)31-22)13-17-6-9-20(25)21(26)11-17/h4-12H,13H2,1-3H3/b22-12-. The fourth-order valence-corrected chi connectivity index (χ4v) is 4.77. The summed E-state index contributed by atoms with van der Waals surface area (Å²) in [7, 11) is 0. The van der Waals surface area contributed by atoms with Gasteiger partial charge in [0.15, 0.2) is 0 Å². The van der Waals surface area contributed by atoms with Crippen LogP contribution in [0.3, 0.4) is 0 Å². The monoisotopic (exact) mass is 470 g/mol. The first-order valence-corrected chi connectivity index (χ1v) is 11.3. The summed E-state index contributed by atoms with van der Waals surface area (Å²) in [6.45, 7) is 6.25. The van der Waals surface area contributed by atoms with E-state index in [2.05, 4.69) is 35.8 Å². The smallest absolute Gasteiger partial charge is 0.293 e. The molecule has 0 spiro atoms. The highest BCUT2D eigenvalue weighted by Gasteiger charge is 2.35. The Balaban J connectivity index is 1.61. The van der Waals surface area contributed by atoms with Crippen molar-refractivity contribution in [1.82, 2.24) is 9.47 Å². The molecule has 2 aromatic carbocycles. The van der Waals surface area contributed by atoms with E-state index in [0.29, 0.717) is 15.0 Å². The summed E-state index contributed by atoms with van der Waals surface area (Å²) in [4.78, 5) is 27.1. The largest absolute Gasteiger partial charge is 0.318 e. The SMILES string of the molecule is Cc1ccc(-n2c(C)cc(/C=C3\SC(=O)N(Cc4ccc(Cl)c(Cl)c4)C3=O)c2C)cc1. The van der Waals surface area contributed by atoms with Gasteiger partial charge in [-0.1, -0.05) is 47.0 Å². The Bertz CT molecular complexity index is 1230. The molecule has 2 heterocycles. The third-order valence-corrected chi connectivity index (χ3v) is 6.89. The van der Waals surface area contributed by atoms with Crippen LogP contribution in [0.15, 0.2) is 53.4 Å². The van der Waals surface area contributed by atoms with Gasteiger partial charge in [0.25, 0.3) is 11.1 Å². The zero-order chi connectivity index (χ0) is 22.3. The highest BCUT2D eigenvalue weighted by molar-refractivity contribution is 8.18. The average Bonchev–Trinajstić information content (AvgIpc) is 3.15. The van der Waals surface area contributed by atoms with Crippen molar-refractivity contribution in [3.63, 3.8) is 0 Å². The molecule has 0 atom stereocenters. The molecule has 4 rings (SSSR count). The minimum Gasteiger partial charge on any atom is -0.318 e. The summed E-state index contributed by atoms with van der Waals surface area (Å²) in [6, 6.07) is 15.4. The van der Waals surface area contributed by atoms with Gasteiger partial charge in [0.05, 0.1) is 21.5 Å². The van der Waals surface area contributed by atoms with E-state index in [4.69, 9.17) is 23.2 Å². The van der Waals surface area contributed by atoms with Crippen LogP contribution in [-0.2, 0) is 11.3 Å². The van der Waals surface area contributed by atoms with Crippen molar-refractivity contribution in [3.8, 4) is 5.69 Å². The molecule has 1 aromatic heterocycles. The highest BCUT2D eigenvalue weighted by atomic mass is 35.5. The first-order valence-electron chi connectivity index (χ1n) is 9.70. The number of rotatable bonds is 4. The van der Waals surface area contributed by atoms with Gasteiger partial charge in [0.2, 0.25) is 0 Å². The van der Waals surface area contributed by atoms with Crippen LogP contribution in [-0.4, -0.2) is 20.6 Å². The van der Waals surface area contributed by atoms with Crippen molar-refractivity contribution in [3.05, 3.63) is 91.6 Å². The van der Waals surface area contributed by atoms with Crippen molar-refractivity contribution in [2.24, 2.45) is 0 Å². The van der Waals surface area contributed by atoms with Crippen molar-refractivity contribution in [1.29, 1.82) is 0 Å². The number of carbonyl (C=O) groups is 2. The van der Waals surface area contributed by atoms with E-state index >= 15 is 0 Å². The van der Waals surface area contributed by atoms with Gasteiger partial charge >= 0.3 is 0 Å². The van der Waals surface area contributed by atoms with Gasteiger partial charge in [0.1, 0.15) is 0 Å². The van der Waals surface area contributed by atoms with Crippen LogP contribution in [0.5, 0.6) is 0 Å². The minimum atomic E-state index is -0.304. The number of nitrogens with zero attached hydrogens (tertiary/aromatic N) is 2. The molecule has 1 aliphatic heterocycles. The summed E-state index contributed by atoms with van der Waals surface area (Å²) in [5, 5.41) is 0.531. The van der Waals surface area contributed by atoms with Crippen molar-refractivity contribution >= 4 is 52.2 Å². The molecule has 1 fully saturated rings. The lowest BCUT2D eigenvalue weighted by Gasteiger charge is -2.13. The molecule has 2 amide bonds. The Labute approximate surface area is 195 Å². The Hall–Kier alpha value is -2.47. The Morgan fingerprint density at radius 1 is 0.935 bits per heavy atom. The van der Waals surface area contributed by atoms with Crippen molar-refractivity contribution < 1.29 is 9.59 Å². The van der Waals surface area contributed by atoms with Gasteiger partial charge in [-0.15, -0.1) is 0 Å². The number of aryl methyl sites for hydroxylation is 2. The number of hydrogen-bond donors (Lipinski definition) is 0. The predicted molar refractivity (Wildman–Crippen MR) is 128 cm³/mol. The average molecular weight is 471 g/mol. The number of hydrogen-bond acceptors (Lipinski definition) is 3. The fraction of sp³-hybridized carbons (Fsp3) is 0.167. The molecular weight excluding hydrogens is 451 g/mol. The topological polar surface area (TPSA) is 42.3 Å². The fourth-order valence-electron chi connectivity index (χ4n) is 3.62. The minimum absolute atomic E-state index is 0.154. The first kappa shape index (κ1) is 21.8. The van der Waals surface area contributed by atoms with Crippen LogP contribution in [0.4, 0.5) is 4.79 Å². The van der Waals surface area contributed by atoms with Crippen LogP contribution in [0.2, 0.25) is 10.0 Å². The molecule has 0 N–H and O–H groups in total. The Kier molecular flexibility index (Phi) is 6.02. The predicted octanol–water partition coefficient (Wildman–Crippen LogP) is 6.95. The van der Waals surface area contributed by atoms with E-state index in [9.17, 15) is 9.59 Å². The second kappa shape index (κ2) is 8.58. The van der Waals surface area contributed by atoms with E-state index in [1.807, 2.05) is 19.9 Å². The molecular formula is C24H20Cl2N2O2S. The van der Waals surface area contributed by atoms with Crippen molar-refractivity contribution in [2.45, 2.75) is 27.3 Å². The van der Waals surface area contributed by atoms with Gasteiger partial charge in [-0.3, -0.25) is 14.5 Å². The Morgan fingerprint density at radius 2 is 1.65 bits per heavy atom. The lowest BCUT2D eigenvalue weighted by atomic mass is 10.2. The molecule has 0 radical (unpaired) electrons. The summed E-state index contributed by atoms with van der Waals surface area (Å²) < 4.78 is 2.14. The normalized spacial score (nSPS) is 15.4. The van der Waals surface area contributed by atoms with Crippen LogP contribution < -0.4 is 0 Å². The Morgan fingerprint density at radius 3 is 2.32 bits per heavy atom. The third-order valence-electron chi connectivity index (χ3n) is 5.25. The second-order valence-corrected chi connectivity index (χ2v) is 9.32. The molecule has 1 aliphatic rings. The van der Waals surface area contributed by atoms with Crippen LogP contribution in [0, 0.1) is 20.8 Å². The molecule has 31 heavy (non-hydrogen) atoms. The maximum Gasteiger partial charge on any atom is 0.293 e. The van der Waals surface area contributed by atoms with Crippen LogP contribution in [0.1, 0.15) is 28.1 Å².